The largest absolute Gasteiger partial charge is 0.459 e. The van der Waals surface area contributed by atoms with Crippen molar-refractivity contribution in [3.05, 3.63) is 53.9 Å². The molecular weight excluding hydrogens is 279 g/mol. The van der Waals surface area contributed by atoms with Crippen LogP contribution >= 0.6 is 0 Å². The maximum atomic E-state index is 13.0. The summed E-state index contributed by atoms with van der Waals surface area (Å²) in [5, 5.41) is 3.31. The third-order valence-electron chi connectivity index (χ3n) is 2.79. The van der Waals surface area contributed by atoms with Crippen molar-refractivity contribution in [1.82, 2.24) is 9.78 Å². The van der Waals surface area contributed by atoms with Crippen molar-refractivity contribution >= 4 is 0 Å². The Balaban J connectivity index is 2.06. The summed E-state index contributed by atoms with van der Waals surface area (Å²) < 4.78 is 63.7. The molecule has 1 aromatic carbocycles. The van der Waals surface area contributed by atoms with Gasteiger partial charge in [0.2, 0.25) is 0 Å². The molecule has 0 aliphatic heterocycles. The number of rotatable bonds is 4. The normalized spacial score (nSPS) is 12.7. The highest BCUT2D eigenvalue weighted by Crippen LogP contribution is 2.42. The average molecular weight is 290 g/mol. The summed E-state index contributed by atoms with van der Waals surface area (Å²) in [5.41, 5.74) is -0.329. The molecule has 0 unspecified atom stereocenters. The van der Waals surface area contributed by atoms with Crippen LogP contribution in [0.15, 0.2) is 42.6 Å². The van der Waals surface area contributed by atoms with Gasteiger partial charge in [-0.3, -0.25) is 4.68 Å². The molecule has 0 amide bonds. The van der Waals surface area contributed by atoms with Crippen molar-refractivity contribution in [3.63, 3.8) is 0 Å². The van der Waals surface area contributed by atoms with Crippen LogP contribution < -0.4 is 0 Å². The highest BCUT2D eigenvalue weighted by Gasteiger charge is 2.60. The number of nitrogens with zero attached hydrogens (tertiary/aromatic N) is 2. The molecule has 0 aliphatic rings. The number of alkyl halides is 5. The second-order valence-electron chi connectivity index (χ2n) is 4.27. The van der Waals surface area contributed by atoms with Crippen molar-refractivity contribution in [2.75, 3.05) is 0 Å². The van der Waals surface area contributed by atoms with Gasteiger partial charge in [-0.25, -0.2) is 0 Å². The molecule has 0 radical (unpaired) electrons. The molecule has 2 rings (SSSR count). The molecule has 20 heavy (non-hydrogen) atoms. The van der Waals surface area contributed by atoms with Gasteiger partial charge in [-0.15, -0.1) is 0 Å². The molecule has 0 aliphatic carbocycles. The number of halogens is 5. The summed E-state index contributed by atoms with van der Waals surface area (Å²) in [4.78, 5) is 0. The minimum absolute atomic E-state index is 0.234. The van der Waals surface area contributed by atoms with Crippen LogP contribution in [-0.4, -0.2) is 16.0 Å². The van der Waals surface area contributed by atoms with Gasteiger partial charge in [-0.1, -0.05) is 30.3 Å². The Hall–Kier alpha value is -1.92. The minimum atomic E-state index is -5.63. The summed E-state index contributed by atoms with van der Waals surface area (Å²) in [6.07, 6.45) is -4.01. The maximum absolute atomic E-state index is 13.0. The Morgan fingerprint density at radius 1 is 0.950 bits per heavy atom. The lowest BCUT2D eigenvalue weighted by Crippen LogP contribution is -2.34. The molecule has 1 aromatic heterocycles. The van der Waals surface area contributed by atoms with Crippen LogP contribution in [-0.2, 0) is 18.9 Å². The molecule has 108 valence electrons. The third kappa shape index (κ3) is 2.97. The predicted octanol–water partition coefficient (Wildman–Crippen LogP) is 3.78. The van der Waals surface area contributed by atoms with E-state index >= 15 is 0 Å². The van der Waals surface area contributed by atoms with Gasteiger partial charge >= 0.3 is 12.1 Å². The summed E-state index contributed by atoms with van der Waals surface area (Å²) in [6.45, 7) is 0.234. The first kappa shape index (κ1) is 14.5. The smallest absolute Gasteiger partial charge is 0.272 e. The van der Waals surface area contributed by atoms with E-state index in [1.165, 1.54) is 0 Å². The van der Waals surface area contributed by atoms with Crippen molar-refractivity contribution in [2.45, 2.75) is 25.1 Å². The summed E-state index contributed by atoms with van der Waals surface area (Å²) >= 11 is 0. The van der Waals surface area contributed by atoms with Gasteiger partial charge in [0.05, 0.1) is 0 Å². The highest BCUT2D eigenvalue weighted by atomic mass is 19.4. The fourth-order valence-corrected chi connectivity index (χ4v) is 1.69. The zero-order valence-electron chi connectivity index (χ0n) is 10.2. The molecule has 0 saturated heterocycles. The predicted molar refractivity (Wildman–Crippen MR) is 62.3 cm³/mol. The first-order valence-corrected chi connectivity index (χ1v) is 5.83. The summed E-state index contributed by atoms with van der Waals surface area (Å²) in [5.74, 6) is -4.93. The monoisotopic (exact) mass is 290 g/mol. The quantitative estimate of drug-likeness (QED) is 0.784. The fourth-order valence-electron chi connectivity index (χ4n) is 1.69. The van der Waals surface area contributed by atoms with E-state index in [0.717, 1.165) is 16.4 Å². The minimum Gasteiger partial charge on any atom is -0.272 e. The molecule has 0 atom stereocenters. The molecule has 0 N–H and O–H groups in total. The van der Waals surface area contributed by atoms with Crippen LogP contribution in [0.25, 0.3) is 0 Å². The molecule has 1 heterocycles. The topological polar surface area (TPSA) is 17.8 Å². The molecule has 7 heteroatoms. The standard InChI is InChI=1S/C13H11F5N2/c14-12(15,13(16,17)18)11-7-9-20(19-11)8-6-10-4-2-1-3-5-10/h1-5,7,9H,6,8H2. The van der Waals surface area contributed by atoms with Gasteiger partial charge in [-0.2, -0.15) is 27.1 Å². The van der Waals surface area contributed by atoms with E-state index in [0.29, 0.717) is 12.5 Å². The first-order valence-electron chi connectivity index (χ1n) is 5.83. The highest BCUT2D eigenvalue weighted by molar-refractivity contribution is 5.15. The SMILES string of the molecule is FC(F)(F)C(F)(F)c1ccn(CCc2ccccc2)n1. The molecule has 0 bridgehead atoms. The van der Waals surface area contributed by atoms with Crippen molar-refractivity contribution in [1.29, 1.82) is 0 Å². The van der Waals surface area contributed by atoms with Crippen molar-refractivity contribution < 1.29 is 22.0 Å². The van der Waals surface area contributed by atoms with E-state index in [2.05, 4.69) is 5.10 Å². The fraction of sp³-hybridized carbons (Fsp3) is 0.308. The van der Waals surface area contributed by atoms with Crippen LogP contribution in [0.4, 0.5) is 22.0 Å². The zero-order valence-corrected chi connectivity index (χ0v) is 10.2. The van der Waals surface area contributed by atoms with Gasteiger partial charge in [0, 0.05) is 12.7 Å². The van der Waals surface area contributed by atoms with Gasteiger partial charge in [0.25, 0.3) is 0 Å². The van der Waals surface area contributed by atoms with Crippen LogP contribution in [0.3, 0.4) is 0 Å². The van der Waals surface area contributed by atoms with E-state index in [-0.39, 0.29) is 6.54 Å². The second kappa shape index (κ2) is 5.22. The lowest BCUT2D eigenvalue weighted by molar-refractivity contribution is -0.291. The molecular formula is C13H11F5N2. The number of hydrogen-bond donors (Lipinski definition) is 0. The van der Waals surface area contributed by atoms with Crippen LogP contribution in [0, 0.1) is 0 Å². The Morgan fingerprint density at radius 3 is 2.20 bits per heavy atom. The number of aryl methyl sites for hydroxylation is 2. The molecule has 0 spiro atoms. The molecule has 2 aromatic rings. The third-order valence-corrected chi connectivity index (χ3v) is 2.79. The van der Waals surface area contributed by atoms with E-state index in [1.54, 1.807) is 0 Å². The van der Waals surface area contributed by atoms with E-state index in [9.17, 15) is 22.0 Å². The summed E-state index contributed by atoms with van der Waals surface area (Å²) in [7, 11) is 0. The van der Waals surface area contributed by atoms with E-state index in [1.807, 2.05) is 30.3 Å². The van der Waals surface area contributed by atoms with Gasteiger partial charge < -0.3 is 0 Å². The molecule has 0 fully saturated rings. The lowest BCUT2D eigenvalue weighted by Gasteiger charge is -2.16. The van der Waals surface area contributed by atoms with Gasteiger partial charge in [-0.05, 0) is 18.1 Å². The average Bonchev–Trinajstić information content (AvgIpc) is 2.85. The second-order valence-corrected chi connectivity index (χ2v) is 4.27. The van der Waals surface area contributed by atoms with Gasteiger partial charge in [0.15, 0.2) is 0 Å². The Morgan fingerprint density at radius 2 is 1.60 bits per heavy atom. The lowest BCUT2D eigenvalue weighted by atomic mass is 10.2. The van der Waals surface area contributed by atoms with Gasteiger partial charge in [0.1, 0.15) is 5.69 Å². The van der Waals surface area contributed by atoms with Crippen molar-refractivity contribution in [2.24, 2.45) is 0 Å². The first-order chi connectivity index (χ1) is 9.30. The zero-order chi connectivity index (χ0) is 14.8. The Labute approximate surface area is 111 Å². The Kier molecular flexibility index (Phi) is 3.78. The number of benzene rings is 1. The Bertz CT molecular complexity index is 560. The van der Waals surface area contributed by atoms with E-state index in [4.69, 9.17) is 0 Å². The van der Waals surface area contributed by atoms with Crippen LogP contribution in [0.1, 0.15) is 11.3 Å². The van der Waals surface area contributed by atoms with Crippen LogP contribution in [0.5, 0.6) is 0 Å². The maximum Gasteiger partial charge on any atom is 0.459 e. The van der Waals surface area contributed by atoms with E-state index < -0.39 is 17.8 Å². The number of aromatic nitrogens is 2. The number of hydrogen-bond acceptors (Lipinski definition) is 1. The summed E-state index contributed by atoms with van der Waals surface area (Å²) in [6, 6.07) is 9.85. The van der Waals surface area contributed by atoms with Crippen LogP contribution in [0.2, 0.25) is 0 Å². The molecule has 0 saturated carbocycles. The van der Waals surface area contributed by atoms with Crippen molar-refractivity contribution in [3.8, 4) is 0 Å². The molecule has 2 nitrogen and oxygen atoms in total.